The van der Waals surface area contributed by atoms with Gasteiger partial charge in [0.05, 0.1) is 13.0 Å². The number of fused-ring (bicyclic) bond motifs is 1. The lowest BCUT2D eigenvalue weighted by molar-refractivity contribution is -0.137. The van der Waals surface area contributed by atoms with Crippen LogP contribution in [0.4, 0.5) is 5.82 Å². The molecular formula is C19H22N4O4. The Kier molecular flexibility index (Phi) is 4.70. The summed E-state index contributed by atoms with van der Waals surface area (Å²) in [7, 11) is 1.61. The van der Waals surface area contributed by atoms with E-state index < -0.39 is 0 Å². The van der Waals surface area contributed by atoms with E-state index >= 15 is 0 Å². The summed E-state index contributed by atoms with van der Waals surface area (Å²) in [6, 6.07) is 5.75. The molecule has 0 saturated carbocycles. The van der Waals surface area contributed by atoms with E-state index in [1.165, 1.54) is 6.20 Å². The van der Waals surface area contributed by atoms with Gasteiger partial charge in [0.25, 0.3) is 5.56 Å². The number of amides is 1. The van der Waals surface area contributed by atoms with Gasteiger partial charge in [0.15, 0.2) is 17.3 Å². The maximum atomic E-state index is 12.9. The van der Waals surface area contributed by atoms with Crippen molar-refractivity contribution in [1.29, 1.82) is 0 Å². The maximum Gasteiger partial charge on any atom is 0.290 e. The van der Waals surface area contributed by atoms with E-state index in [1.54, 1.807) is 13.3 Å². The predicted octanol–water partition coefficient (Wildman–Crippen LogP) is 0.678. The van der Waals surface area contributed by atoms with Crippen LogP contribution in [0.25, 0.3) is 0 Å². The Morgan fingerprint density at radius 1 is 1.30 bits per heavy atom. The Balaban J connectivity index is 1.40. The Bertz CT molecular complexity index is 889. The lowest BCUT2D eigenvalue weighted by atomic mass is 9.95. The minimum Gasteiger partial charge on any atom is -0.493 e. The average Bonchev–Trinajstić information content (AvgIpc) is 2.73. The molecule has 1 saturated heterocycles. The van der Waals surface area contributed by atoms with Crippen LogP contribution in [0.3, 0.4) is 0 Å². The number of aromatic nitrogens is 2. The van der Waals surface area contributed by atoms with E-state index in [2.05, 4.69) is 9.97 Å². The van der Waals surface area contributed by atoms with E-state index in [0.717, 1.165) is 11.3 Å². The molecule has 8 nitrogen and oxygen atoms in total. The van der Waals surface area contributed by atoms with Crippen LogP contribution in [0.2, 0.25) is 0 Å². The summed E-state index contributed by atoms with van der Waals surface area (Å²) in [5.74, 6) is 1.75. The molecule has 27 heavy (non-hydrogen) atoms. The number of carbonyl (C=O) groups excluding carboxylic acids is 1. The summed E-state index contributed by atoms with van der Waals surface area (Å²) in [5, 5.41) is 0. The van der Waals surface area contributed by atoms with Crippen LogP contribution in [0.5, 0.6) is 11.5 Å². The second-order valence-electron chi connectivity index (χ2n) is 6.71. The van der Waals surface area contributed by atoms with E-state index in [9.17, 15) is 9.59 Å². The number of hydrogen-bond donors (Lipinski definition) is 1. The lowest BCUT2D eigenvalue weighted by Crippen LogP contribution is -2.52. The minimum atomic E-state index is -0.205. The number of anilines is 1. The fourth-order valence-corrected chi connectivity index (χ4v) is 3.68. The molecule has 2 aromatic rings. The third kappa shape index (κ3) is 3.34. The molecule has 0 unspecified atom stereocenters. The number of benzene rings is 1. The predicted molar refractivity (Wildman–Crippen MR) is 99.3 cm³/mol. The number of aromatic amines is 1. The second-order valence-corrected chi connectivity index (χ2v) is 6.71. The molecule has 4 rings (SSSR count). The molecule has 8 heteroatoms. The molecule has 1 fully saturated rings. The van der Waals surface area contributed by atoms with Crippen molar-refractivity contribution in [2.45, 2.75) is 6.42 Å². The normalized spacial score (nSPS) is 19.2. The van der Waals surface area contributed by atoms with E-state index in [0.29, 0.717) is 50.8 Å². The van der Waals surface area contributed by atoms with Crippen molar-refractivity contribution in [3.05, 3.63) is 46.5 Å². The summed E-state index contributed by atoms with van der Waals surface area (Å²) in [6.07, 6.45) is 3.73. The Hall–Kier alpha value is -3.03. The van der Waals surface area contributed by atoms with Crippen molar-refractivity contribution >= 4 is 11.7 Å². The average molecular weight is 370 g/mol. The van der Waals surface area contributed by atoms with Gasteiger partial charge in [-0.2, -0.15) is 0 Å². The molecule has 0 aliphatic carbocycles. The highest BCUT2D eigenvalue weighted by Crippen LogP contribution is 2.36. The van der Waals surface area contributed by atoms with Crippen LogP contribution in [-0.2, 0) is 11.2 Å². The molecule has 1 N–H and O–H groups in total. The van der Waals surface area contributed by atoms with Crippen LogP contribution < -0.4 is 19.9 Å². The fourth-order valence-electron chi connectivity index (χ4n) is 3.68. The molecule has 0 bridgehead atoms. The van der Waals surface area contributed by atoms with Crippen LogP contribution in [0.1, 0.15) is 5.56 Å². The largest absolute Gasteiger partial charge is 0.493 e. The number of ether oxygens (including phenoxy) is 2. The smallest absolute Gasteiger partial charge is 0.290 e. The Morgan fingerprint density at radius 3 is 2.85 bits per heavy atom. The topological polar surface area (TPSA) is 87.8 Å². The van der Waals surface area contributed by atoms with Crippen LogP contribution in [0, 0.1) is 5.92 Å². The van der Waals surface area contributed by atoms with Crippen molar-refractivity contribution in [2.24, 2.45) is 5.92 Å². The Labute approximate surface area is 156 Å². The number of nitrogens with one attached hydrogen (secondary N) is 1. The number of para-hydroxylation sites is 1. The number of H-pyrrole nitrogens is 1. The minimum absolute atomic E-state index is 0.0954. The molecule has 2 aliphatic heterocycles. The number of carbonyl (C=O) groups is 1. The molecule has 1 amide bonds. The second kappa shape index (κ2) is 7.30. The third-order valence-corrected chi connectivity index (χ3v) is 5.10. The standard InChI is InChI=1S/C19H22N4O4/c1-26-15-4-2-3-13-11-14(12-27-16(13)15)19(25)23-9-7-22(8-10-23)17-18(24)21-6-5-20-17/h2-6,14H,7-12H2,1H3,(H,21,24)/t14-/m1/s1. The highest BCUT2D eigenvalue weighted by atomic mass is 16.5. The summed E-state index contributed by atoms with van der Waals surface area (Å²) in [4.78, 5) is 35.4. The fraction of sp³-hybridized carbons (Fsp3) is 0.421. The zero-order chi connectivity index (χ0) is 18.8. The maximum absolute atomic E-state index is 12.9. The van der Waals surface area contributed by atoms with Gasteiger partial charge in [0.2, 0.25) is 5.91 Å². The summed E-state index contributed by atoms with van der Waals surface area (Å²) in [5.41, 5.74) is 0.793. The quantitative estimate of drug-likeness (QED) is 0.855. The number of hydrogen-bond acceptors (Lipinski definition) is 6. The molecular weight excluding hydrogens is 348 g/mol. The summed E-state index contributed by atoms with van der Waals surface area (Å²) >= 11 is 0. The molecule has 1 aromatic heterocycles. The first-order chi connectivity index (χ1) is 13.2. The van der Waals surface area contributed by atoms with Gasteiger partial charge >= 0.3 is 0 Å². The summed E-state index contributed by atoms with van der Waals surface area (Å²) < 4.78 is 11.2. The lowest BCUT2D eigenvalue weighted by Gasteiger charge is -2.37. The first kappa shape index (κ1) is 17.4. The highest BCUT2D eigenvalue weighted by Gasteiger charge is 2.32. The zero-order valence-corrected chi connectivity index (χ0v) is 15.2. The monoisotopic (exact) mass is 370 g/mol. The van der Waals surface area contributed by atoms with Crippen molar-refractivity contribution in [3.8, 4) is 11.5 Å². The molecule has 1 atom stereocenters. The highest BCUT2D eigenvalue weighted by molar-refractivity contribution is 5.80. The third-order valence-electron chi connectivity index (χ3n) is 5.10. The van der Waals surface area contributed by atoms with Gasteiger partial charge < -0.3 is 24.3 Å². The van der Waals surface area contributed by atoms with Crippen LogP contribution in [-0.4, -0.2) is 60.7 Å². The van der Waals surface area contributed by atoms with Gasteiger partial charge in [0, 0.05) is 38.6 Å². The van der Waals surface area contributed by atoms with Crippen molar-refractivity contribution in [2.75, 3.05) is 44.8 Å². The molecule has 2 aliphatic rings. The zero-order valence-electron chi connectivity index (χ0n) is 15.2. The van der Waals surface area contributed by atoms with Gasteiger partial charge in [0.1, 0.15) is 6.61 Å². The first-order valence-electron chi connectivity index (χ1n) is 9.03. The molecule has 142 valence electrons. The van der Waals surface area contributed by atoms with Gasteiger partial charge in [-0.15, -0.1) is 0 Å². The van der Waals surface area contributed by atoms with Crippen molar-refractivity contribution < 1.29 is 14.3 Å². The number of piperazine rings is 1. The van der Waals surface area contributed by atoms with Gasteiger partial charge in [-0.25, -0.2) is 4.98 Å². The number of methoxy groups -OCH3 is 1. The van der Waals surface area contributed by atoms with Crippen LogP contribution >= 0.6 is 0 Å². The summed E-state index contributed by atoms with van der Waals surface area (Å²) in [6.45, 7) is 2.66. The Morgan fingerprint density at radius 2 is 2.11 bits per heavy atom. The number of nitrogens with zero attached hydrogens (tertiary/aromatic N) is 3. The number of rotatable bonds is 3. The van der Waals surface area contributed by atoms with E-state index in [-0.39, 0.29) is 17.4 Å². The molecule has 1 aromatic carbocycles. The molecule has 0 spiro atoms. The van der Waals surface area contributed by atoms with E-state index in [4.69, 9.17) is 9.47 Å². The van der Waals surface area contributed by atoms with E-state index in [1.807, 2.05) is 28.0 Å². The van der Waals surface area contributed by atoms with Gasteiger partial charge in [-0.1, -0.05) is 12.1 Å². The van der Waals surface area contributed by atoms with Crippen LogP contribution in [0.15, 0.2) is 35.4 Å². The SMILES string of the molecule is COc1cccc2c1OC[C@H](C(=O)N1CCN(c3ncc[nH]c3=O)CC1)C2. The first-order valence-corrected chi connectivity index (χ1v) is 9.03. The van der Waals surface area contributed by atoms with Crippen molar-refractivity contribution in [3.63, 3.8) is 0 Å². The molecule has 0 radical (unpaired) electrons. The molecule has 3 heterocycles. The van der Waals surface area contributed by atoms with Gasteiger partial charge in [-0.3, -0.25) is 9.59 Å². The van der Waals surface area contributed by atoms with Gasteiger partial charge in [-0.05, 0) is 18.1 Å². The van der Waals surface area contributed by atoms with Crippen molar-refractivity contribution in [1.82, 2.24) is 14.9 Å².